The van der Waals surface area contributed by atoms with Crippen molar-refractivity contribution >= 4 is 19.8 Å². The maximum absolute atomic E-state index is 12.8. The number of allylic oxidation sites excluding steroid dienone is 8. The van der Waals surface area contributed by atoms with Crippen molar-refractivity contribution in [1.29, 1.82) is 0 Å². The first-order valence-electron chi connectivity index (χ1n) is 27.8. The molecule has 0 amide bonds. The number of esters is 2. The van der Waals surface area contributed by atoms with Crippen molar-refractivity contribution in [3.8, 4) is 0 Å². The predicted molar refractivity (Wildman–Crippen MR) is 282 cm³/mol. The Hall–Kier alpha value is -2.03. The van der Waals surface area contributed by atoms with Gasteiger partial charge in [-0.05, 0) is 77.0 Å². The Balaban J connectivity index is 4.19. The Morgan fingerprint density at radius 2 is 0.806 bits per heavy atom. The zero-order valence-corrected chi connectivity index (χ0v) is 45.2. The Labute approximate surface area is 414 Å². The van der Waals surface area contributed by atoms with Gasteiger partial charge in [-0.15, -0.1) is 0 Å². The van der Waals surface area contributed by atoms with E-state index in [2.05, 4.69) is 62.5 Å². The van der Waals surface area contributed by atoms with E-state index in [4.69, 9.17) is 18.5 Å². The summed E-state index contributed by atoms with van der Waals surface area (Å²) in [6.45, 7) is 4.22. The molecule has 0 heterocycles. The molecule has 0 aromatic heterocycles. The van der Waals surface area contributed by atoms with Crippen molar-refractivity contribution in [1.82, 2.24) is 0 Å². The molecule has 0 aliphatic carbocycles. The molecule has 0 aliphatic rings. The lowest BCUT2D eigenvalue weighted by Crippen LogP contribution is -2.37. The molecule has 0 spiro atoms. The third kappa shape index (κ3) is 53.2. The average Bonchev–Trinajstić information content (AvgIpc) is 3.29. The fourth-order valence-corrected chi connectivity index (χ4v) is 8.45. The lowest BCUT2D eigenvalue weighted by molar-refractivity contribution is -0.870. The highest BCUT2D eigenvalue weighted by molar-refractivity contribution is 7.45. The van der Waals surface area contributed by atoms with Crippen LogP contribution in [0.1, 0.15) is 251 Å². The van der Waals surface area contributed by atoms with E-state index in [1.807, 2.05) is 21.1 Å². The van der Waals surface area contributed by atoms with Crippen molar-refractivity contribution in [2.45, 2.75) is 258 Å². The Morgan fingerprint density at radius 3 is 1.19 bits per heavy atom. The second-order valence-corrected chi connectivity index (χ2v) is 21.4. The zero-order valence-electron chi connectivity index (χ0n) is 44.3. The van der Waals surface area contributed by atoms with Gasteiger partial charge in [-0.3, -0.25) is 14.2 Å². The molecule has 0 aromatic rings. The number of carbonyl (C=O) groups is 2. The summed E-state index contributed by atoms with van der Waals surface area (Å²) in [5.74, 6) is -0.837. The second-order valence-electron chi connectivity index (χ2n) is 19.9. The maximum Gasteiger partial charge on any atom is 0.306 e. The third-order valence-corrected chi connectivity index (χ3v) is 13.0. The van der Waals surface area contributed by atoms with Gasteiger partial charge in [-0.1, -0.05) is 210 Å². The third-order valence-electron chi connectivity index (χ3n) is 12.1. The van der Waals surface area contributed by atoms with E-state index in [0.717, 1.165) is 64.2 Å². The van der Waals surface area contributed by atoms with Crippen molar-refractivity contribution in [3.63, 3.8) is 0 Å². The van der Waals surface area contributed by atoms with Crippen LogP contribution in [-0.4, -0.2) is 70.0 Å². The van der Waals surface area contributed by atoms with Crippen LogP contribution in [0.3, 0.4) is 0 Å². The topological polar surface area (TPSA) is 111 Å². The second kappa shape index (κ2) is 49.0. The number of phosphoric ester groups is 1. The minimum atomic E-state index is -4.64. The fourth-order valence-electron chi connectivity index (χ4n) is 7.72. The predicted octanol–water partition coefficient (Wildman–Crippen LogP) is 16.3. The van der Waals surface area contributed by atoms with Crippen molar-refractivity contribution < 1.29 is 42.1 Å². The summed E-state index contributed by atoms with van der Waals surface area (Å²) in [6.07, 6.45) is 60.0. The first-order chi connectivity index (χ1) is 32.5. The van der Waals surface area contributed by atoms with Crippen molar-refractivity contribution in [2.24, 2.45) is 0 Å². The van der Waals surface area contributed by atoms with E-state index in [1.54, 1.807) is 0 Å². The minimum absolute atomic E-state index is 0.0327. The molecule has 0 aliphatic heterocycles. The first-order valence-corrected chi connectivity index (χ1v) is 29.3. The van der Waals surface area contributed by atoms with Crippen LogP contribution in [0.2, 0.25) is 0 Å². The number of likely N-dealkylation sites (N-methyl/N-ethyl adjacent to an activating group) is 1. The van der Waals surface area contributed by atoms with Gasteiger partial charge in [0.05, 0.1) is 27.7 Å². The first kappa shape index (κ1) is 65.0. The monoisotopic (exact) mass is 964 g/mol. The van der Waals surface area contributed by atoms with Crippen LogP contribution in [0.4, 0.5) is 0 Å². The Bertz CT molecular complexity index is 1270. The maximum atomic E-state index is 12.8. The molecule has 10 heteroatoms. The Kier molecular flexibility index (Phi) is 47.5. The van der Waals surface area contributed by atoms with Crippen LogP contribution < -0.4 is 4.89 Å². The zero-order chi connectivity index (χ0) is 49.2. The van der Waals surface area contributed by atoms with E-state index in [0.29, 0.717) is 17.4 Å². The van der Waals surface area contributed by atoms with Crippen molar-refractivity contribution in [3.05, 3.63) is 48.6 Å². The van der Waals surface area contributed by atoms with Gasteiger partial charge in [0.15, 0.2) is 6.10 Å². The number of unbranched alkanes of at least 4 members (excludes halogenated alkanes) is 29. The number of hydrogen-bond donors (Lipinski definition) is 0. The Morgan fingerprint density at radius 1 is 0.463 bits per heavy atom. The van der Waals surface area contributed by atoms with Gasteiger partial charge < -0.3 is 27.9 Å². The van der Waals surface area contributed by atoms with E-state index < -0.39 is 26.5 Å². The summed E-state index contributed by atoms with van der Waals surface area (Å²) in [5.41, 5.74) is 0. The molecule has 0 saturated heterocycles. The number of ether oxygens (including phenoxy) is 2. The molecule has 67 heavy (non-hydrogen) atoms. The summed E-state index contributed by atoms with van der Waals surface area (Å²) in [7, 11) is 1.16. The van der Waals surface area contributed by atoms with Crippen molar-refractivity contribution in [2.75, 3.05) is 47.5 Å². The highest BCUT2D eigenvalue weighted by Gasteiger charge is 2.21. The molecular weight excluding hydrogens is 858 g/mol. The summed E-state index contributed by atoms with van der Waals surface area (Å²) in [5, 5.41) is 0. The van der Waals surface area contributed by atoms with Gasteiger partial charge in [0.1, 0.15) is 19.8 Å². The molecule has 0 bridgehead atoms. The highest BCUT2D eigenvalue weighted by Crippen LogP contribution is 2.38. The highest BCUT2D eigenvalue weighted by atomic mass is 31.2. The van der Waals surface area contributed by atoms with E-state index in [1.165, 1.54) is 154 Å². The summed E-state index contributed by atoms with van der Waals surface area (Å²) in [4.78, 5) is 37.8. The molecular formula is C57H106NO8P. The number of hydrogen-bond acceptors (Lipinski definition) is 8. The molecule has 9 nitrogen and oxygen atoms in total. The summed E-state index contributed by atoms with van der Waals surface area (Å²) in [6, 6.07) is 0. The lowest BCUT2D eigenvalue weighted by atomic mass is 10.0. The molecule has 392 valence electrons. The summed E-state index contributed by atoms with van der Waals surface area (Å²) < 4.78 is 34.1. The standard InChI is InChI=1S/C57H106NO8P/c1-6-8-10-12-14-16-18-20-22-24-26-27-28-29-30-31-32-34-36-38-40-42-44-46-48-50-57(60)66-55(54-65-67(61,62)64-52-51-58(3,4)5)53-63-56(59)49-47-45-43-41-39-37-35-33-25-23-21-19-17-15-13-11-9-7-2/h17-20,23-26,55H,6-16,21-22,27-54H2,1-5H3/b19-17-,20-18-,25-23-,26-24-. The van der Waals surface area contributed by atoms with E-state index in [9.17, 15) is 19.0 Å². The lowest BCUT2D eigenvalue weighted by Gasteiger charge is -2.28. The van der Waals surface area contributed by atoms with Gasteiger partial charge >= 0.3 is 11.9 Å². The van der Waals surface area contributed by atoms with Crippen LogP contribution in [0.15, 0.2) is 48.6 Å². The number of phosphoric acid groups is 1. The largest absolute Gasteiger partial charge is 0.756 e. The number of nitrogens with zero attached hydrogens (tertiary/aromatic N) is 1. The molecule has 0 saturated carbocycles. The van der Waals surface area contributed by atoms with Gasteiger partial charge in [0.2, 0.25) is 0 Å². The fraction of sp³-hybridized carbons (Fsp3) is 0.825. The van der Waals surface area contributed by atoms with E-state index >= 15 is 0 Å². The molecule has 0 aromatic carbocycles. The van der Waals surface area contributed by atoms with Crippen LogP contribution >= 0.6 is 7.82 Å². The SMILES string of the molecule is CCCCCC/C=C\C/C=C\CCCCCCCCCC(=O)OCC(COP(=O)([O-])OCC[N+](C)(C)C)OC(=O)CCCCCCCCCCCCCCC/C=C\C/C=C\CCCCCCC. The van der Waals surface area contributed by atoms with Gasteiger partial charge in [0.25, 0.3) is 7.82 Å². The molecule has 0 rings (SSSR count). The minimum Gasteiger partial charge on any atom is -0.756 e. The van der Waals surface area contributed by atoms with Gasteiger partial charge in [0, 0.05) is 12.8 Å². The molecule has 0 radical (unpaired) electrons. The summed E-state index contributed by atoms with van der Waals surface area (Å²) >= 11 is 0. The number of quaternary nitrogens is 1. The average molecular weight is 964 g/mol. The van der Waals surface area contributed by atoms with Crippen LogP contribution in [0.25, 0.3) is 0 Å². The molecule has 0 N–H and O–H groups in total. The van der Waals surface area contributed by atoms with Gasteiger partial charge in [-0.2, -0.15) is 0 Å². The van der Waals surface area contributed by atoms with Crippen LogP contribution in [-0.2, 0) is 32.7 Å². The van der Waals surface area contributed by atoms with Crippen LogP contribution in [0.5, 0.6) is 0 Å². The quantitative estimate of drug-likeness (QED) is 0.0195. The molecule has 0 fully saturated rings. The smallest absolute Gasteiger partial charge is 0.306 e. The number of carbonyl (C=O) groups excluding carboxylic acids is 2. The molecule has 2 unspecified atom stereocenters. The van der Waals surface area contributed by atoms with Gasteiger partial charge in [-0.25, -0.2) is 0 Å². The molecule has 2 atom stereocenters. The normalized spacial score (nSPS) is 13.7. The van der Waals surface area contributed by atoms with Crippen LogP contribution in [0, 0.1) is 0 Å². The van der Waals surface area contributed by atoms with E-state index in [-0.39, 0.29) is 32.0 Å². The number of rotatable bonds is 51.